The maximum atomic E-state index is 13.2. The zero-order valence-electron chi connectivity index (χ0n) is 17.5. The van der Waals surface area contributed by atoms with Crippen LogP contribution in [0.1, 0.15) is 23.3 Å². The average molecular weight is 489 g/mol. The maximum Gasteiger partial charge on any atom is 0.230 e. The van der Waals surface area contributed by atoms with E-state index >= 15 is 0 Å². The second-order valence-electron chi connectivity index (χ2n) is 7.43. The van der Waals surface area contributed by atoms with E-state index in [9.17, 15) is 13.2 Å². The van der Waals surface area contributed by atoms with Crippen molar-refractivity contribution in [3.63, 3.8) is 0 Å². The highest BCUT2D eigenvalue weighted by atomic mass is 35.5. The van der Waals surface area contributed by atoms with Gasteiger partial charge in [-0.1, -0.05) is 29.0 Å². The normalized spacial score (nSPS) is 11.7. The number of nitrogens with zero attached hydrogens (tertiary/aromatic N) is 2. The van der Waals surface area contributed by atoms with Gasteiger partial charge in [-0.15, -0.1) is 0 Å². The third kappa shape index (κ3) is 4.72. The molecule has 166 valence electrons. The van der Waals surface area contributed by atoms with Crippen molar-refractivity contribution in [3.05, 3.63) is 76.7 Å². The molecular weight excluding hydrogens is 468 g/mol. The summed E-state index contributed by atoms with van der Waals surface area (Å²) in [5, 5.41) is 0.963. The van der Waals surface area contributed by atoms with Gasteiger partial charge >= 0.3 is 0 Å². The lowest BCUT2D eigenvalue weighted by molar-refractivity contribution is -0.118. The van der Waals surface area contributed by atoms with Gasteiger partial charge in [-0.25, -0.2) is 13.4 Å². The molecule has 0 saturated carbocycles. The summed E-state index contributed by atoms with van der Waals surface area (Å²) in [5.74, 6) is -0.0658. The third-order valence-electron chi connectivity index (χ3n) is 5.26. The van der Waals surface area contributed by atoms with Crippen LogP contribution in [0.2, 0.25) is 5.02 Å². The molecule has 2 heterocycles. The molecule has 0 saturated heterocycles. The highest BCUT2D eigenvalue weighted by Crippen LogP contribution is 2.33. The van der Waals surface area contributed by atoms with Crippen LogP contribution in [-0.4, -0.2) is 25.1 Å². The van der Waals surface area contributed by atoms with Crippen LogP contribution >= 0.6 is 22.9 Å². The van der Waals surface area contributed by atoms with Crippen molar-refractivity contribution in [2.24, 2.45) is 0 Å². The molecule has 0 N–H and O–H groups in total. The Hall–Kier alpha value is -2.68. The Bertz CT molecular complexity index is 1360. The van der Waals surface area contributed by atoms with Gasteiger partial charge in [0, 0.05) is 11.4 Å². The number of fused-ring (bicyclic) bond motifs is 1. The quantitative estimate of drug-likeness (QED) is 0.340. The Labute approximate surface area is 195 Å². The molecule has 32 heavy (non-hydrogen) atoms. The number of amides is 1. The van der Waals surface area contributed by atoms with E-state index in [0.29, 0.717) is 15.9 Å². The summed E-state index contributed by atoms with van der Waals surface area (Å²) in [4.78, 5) is 19.5. The van der Waals surface area contributed by atoms with E-state index in [1.54, 1.807) is 12.1 Å². The van der Waals surface area contributed by atoms with Crippen LogP contribution in [0.25, 0.3) is 10.2 Å². The Balaban J connectivity index is 1.61. The first-order valence-corrected chi connectivity index (χ1v) is 12.8. The molecule has 2 aromatic heterocycles. The molecule has 0 spiro atoms. The smallest absolute Gasteiger partial charge is 0.230 e. The zero-order chi connectivity index (χ0) is 22.9. The zero-order valence-corrected chi connectivity index (χ0v) is 19.9. The van der Waals surface area contributed by atoms with Crippen molar-refractivity contribution in [3.8, 4) is 0 Å². The molecule has 4 aromatic rings. The summed E-state index contributed by atoms with van der Waals surface area (Å²) in [6.45, 7) is 4.18. The first-order valence-electron chi connectivity index (χ1n) is 9.92. The highest BCUT2D eigenvalue weighted by Gasteiger charge is 2.24. The van der Waals surface area contributed by atoms with E-state index in [4.69, 9.17) is 21.0 Å². The summed E-state index contributed by atoms with van der Waals surface area (Å²) in [6, 6.07) is 13.5. The maximum absolute atomic E-state index is 13.2. The number of aryl methyl sites for hydroxylation is 2. The fourth-order valence-electron chi connectivity index (χ4n) is 3.27. The van der Waals surface area contributed by atoms with Crippen LogP contribution < -0.4 is 4.90 Å². The number of carbonyl (C=O) groups is 1. The molecule has 0 fully saturated rings. The lowest BCUT2D eigenvalue weighted by Crippen LogP contribution is -2.31. The Morgan fingerprint density at radius 2 is 1.88 bits per heavy atom. The predicted octanol–water partition coefficient (Wildman–Crippen LogP) is 5.56. The van der Waals surface area contributed by atoms with E-state index in [1.165, 1.54) is 46.8 Å². The van der Waals surface area contributed by atoms with Gasteiger partial charge in [-0.3, -0.25) is 9.69 Å². The predicted molar refractivity (Wildman–Crippen MR) is 127 cm³/mol. The van der Waals surface area contributed by atoms with Crippen LogP contribution in [0.5, 0.6) is 0 Å². The van der Waals surface area contributed by atoms with E-state index < -0.39 is 9.84 Å². The van der Waals surface area contributed by atoms with Gasteiger partial charge in [0.05, 0.1) is 33.7 Å². The summed E-state index contributed by atoms with van der Waals surface area (Å²) in [5.41, 5.74) is 3.02. The Kier molecular flexibility index (Phi) is 6.37. The highest BCUT2D eigenvalue weighted by molar-refractivity contribution is 7.91. The molecule has 0 atom stereocenters. The fraction of sp³-hybridized carbons (Fsp3) is 0.217. The Morgan fingerprint density at radius 1 is 1.12 bits per heavy atom. The standard InChI is InChI=1S/C23H21ClN2O4S2/c1-15-5-10-20-22(16(15)2)25-23(31-20)26(14-18-4-3-12-30-18)21(27)11-13-32(28,29)19-8-6-17(24)7-9-19/h3-10,12H,11,13-14H2,1-2H3. The molecule has 0 aliphatic carbocycles. The van der Waals surface area contributed by atoms with E-state index in [1.807, 2.05) is 26.0 Å². The number of thiazole rings is 1. The molecule has 0 aliphatic rings. The number of benzene rings is 2. The van der Waals surface area contributed by atoms with Crippen molar-refractivity contribution >= 4 is 54.0 Å². The molecule has 0 unspecified atom stereocenters. The molecule has 2 aromatic carbocycles. The fourth-order valence-corrected chi connectivity index (χ4v) is 5.66. The van der Waals surface area contributed by atoms with Gasteiger partial charge in [0.15, 0.2) is 15.0 Å². The van der Waals surface area contributed by atoms with Gasteiger partial charge in [-0.05, 0) is 67.4 Å². The summed E-state index contributed by atoms with van der Waals surface area (Å²) in [7, 11) is -3.63. The number of aromatic nitrogens is 1. The molecule has 0 radical (unpaired) electrons. The van der Waals surface area contributed by atoms with Crippen molar-refractivity contribution in [1.29, 1.82) is 0 Å². The second kappa shape index (κ2) is 9.05. The number of hydrogen-bond donors (Lipinski definition) is 0. The lowest BCUT2D eigenvalue weighted by atomic mass is 10.1. The van der Waals surface area contributed by atoms with Crippen LogP contribution in [0.4, 0.5) is 5.13 Å². The van der Waals surface area contributed by atoms with Crippen LogP contribution in [-0.2, 0) is 21.2 Å². The monoisotopic (exact) mass is 488 g/mol. The van der Waals surface area contributed by atoms with E-state index in [2.05, 4.69) is 0 Å². The largest absolute Gasteiger partial charge is 0.467 e. The van der Waals surface area contributed by atoms with Crippen LogP contribution in [0, 0.1) is 13.8 Å². The first kappa shape index (κ1) is 22.5. The van der Waals surface area contributed by atoms with Gasteiger partial charge in [-0.2, -0.15) is 0 Å². The lowest BCUT2D eigenvalue weighted by Gasteiger charge is -2.18. The third-order valence-corrected chi connectivity index (χ3v) is 8.28. The molecule has 6 nitrogen and oxygen atoms in total. The van der Waals surface area contributed by atoms with Gasteiger partial charge < -0.3 is 4.42 Å². The minimum Gasteiger partial charge on any atom is -0.467 e. The minimum absolute atomic E-state index is 0.137. The second-order valence-corrected chi connectivity index (χ2v) is 11.0. The average Bonchev–Trinajstić information content (AvgIpc) is 3.43. The van der Waals surface area contributed by atoms with Crippen molar-refractivity contribution in [2.45, 2.75) is 31.7 Å². The molecule has 9 heteroatoms. The molecule has 4 rings (SSSR count). The van der Waals surface area contributed by atoms with Crippen LogP contribution in [0.15, 0.2) is 64.1 Å². The van der Waals surface area contributed by atoms with Crippen molar-refractivity contribution < 1.29 is 17.6 Å². The van der Waals surface area contributed by atoms with Gasteiger partial charge in [0.25, 0.3) is 0 Å². The first-order chi connectivity index (χ1) is 15.2. The van der Waals surface area contributed by atoms with E-state index in [0.717, 1.165) is 21.3 Å². The number of hydrogen-bond acceptors (Lipinski definition) is 6. The van der Waals surface area contributed by atoms with Crippen LogP contribution in [0.3, 0.4) is 0 Å². The van der Waals surface area contributed by atoms with Gasteiger partial charge in [0.1, 0.15) is 5.76 Å². The van der Waals surface area contributed by atoms with Crippen molar-refractivity contribution in [1.82, 2.24) is 4.98 Å². The number of sulfone groups is 1. The number of furan rings is 1. The summed E-state index contributed by atoms with van der Waals surface area (Å²) in [6.07, 6.45) is 1.36. The molecule has 0 bridgehead atoms. The molecule has 1 amide bonds. The van der Waals surface area contributed by atoms with Gasteiger partial charge in [0.2, 0.25) is 5.91 Å². The molecule has 0 aliphatic heterocycles. The summed E-state index contributed by atoms with van der Waals surface area (Å²) >= 11 is 7.25. The van der Waals surface area contributed by atoms with Crippen molar-refractivity contribution in [2.75, 3.05) is 10.7 Å². The number of carbonyl (C=O) groups excluding carboxylic acids is 1. The molecular formula is C23H21ClN2O4S2. The number of rotatable bonds is 7. The SMILES string of the molecule is Cc1ccc2sc(N(Cc3ccco3)C(=O)CCS(=O)(=O)c3ccc(Cl)cc3)nc2c1C. The summed E-state index contributed by atoms with van der Waals surface area (Å²) < 4.78 is 31.8. The van der Waals surface area contributed by atoms with E-state index in [-0.39, 0.29) is 29.5 Å². The number of halogens is 1. The Morgan fingerprint density at radius 3 is 2.56 bits per heavy atom. The minimum atomic E-state index is -3.63. The number of anilines is 1. The topological polar surface area (TPSA) is 80.5 Å².